The SMILES string of the molecule is O=C(c1ccccc1)C1CCN(CC(O)c2ccc(F)cc2F)CC1. The van der Waals surface area contributed by atoms with Crippen molar-refractivity contribution in [1.29, 1.82) is 0 Å². The van der Waals surface area contributed by atoms with E-state index in [-0.39, 0.29) is 23.8 Å². The molecule has 1 aliphatic rings. The van der Waals surface area contributed by atoms with Crippen molar-refractivity contribution in [1.82, 2.24) is 4.90 Å². The zero-order valence-electron chi connectivity index (χ0n) is 13.9. The number of benzene rings is 2. The number of ketones is 1. The van der Waals surface area contributed by atoms with Crippen LogP contribution in [0.3, 0.4) is 0 Å². The van der Waals surface area contributed by atoms with Crippen LogP contribution in [0.25, 0.3) is 0 Å². The van der Waals surface area contributed by atoms with Gasteiger partial charge >= 0.3 is 0 Å². The van der Waals surface area contributed by atoms with Crippen LogP contribution in [0.5, 0.6) is 0 Å². The highest BCUT2D eigenvalue weighted by Gasteiger charge is 2.27. The van der Waals surface area contributed by atoms with Crippen LogP contribution in [0.2, 0.25) is 0 Å². The van der Waals surface area contributed by atoms with E-state index in [1.807, 2.05) is 35.2 Å². The van der Waals surface area contributed by atoms with Gasteiger partial charge in [-0.15, -0.1) is 0 Å². The van der Waals surface area contributed by atoms with Crippen LogP contribution in [-0.2, 0) is 0 Å². The van der Waals surface area contributed by atoms with Crippen molar-refractivity contribution >= 4 is 5.78 Å². The van der Waals surface area contributed by atoms with Gasteiger partial charge in [0.1, 0.15) is 11.6 Å². The number of rotatable bonds is 5. The van der Waals surface area contributed by atoms with Gasteiger partial charge in [0, 0.05) is 29.7 Å². The smallest absolute Gasteiger partial charge is 0.166 e. The number of aliphatic hydroxyl groups excluding tert-OH is 1. The summed E-state index contributed by atoms with van der Waals surface area (Å²) in [6.45, 7) is 1.61. The molecule has 0 saturated carbocycles. The summed E-state index contributed by atoms with van der Waals surface area (Å²) in [6.07, 6.45) is 0.417. The van der Waals surface area contributed by atoms with Crippen molar-refractivity contribution in [3.05, 3.63) is 71.3 Å². The van der Waals surface area contributed by atoms with Crippen LogP contribution in [-0.4, -0.2) is 35.4 Å². The Bertz CT molecular complexity index is 728. The van der Waals surface area contributed by atoms with Crippen LogP contribution in [0, 0.1) is 17.6 Å². The quantitative estimate of drug-likeness (QED) is 0.842. The van der Waals surface area contributed by atoms with Crippen molar-refractivity contribution in [2.45, 2.75) is 18.9 Å². The molecule has 1 atom stereocenters. The second kappa shape index (κ2) is 7.85. The average molecular weight is 345 g/mol. The molecule has 2 aromatic rings. The maximum absolute atomic E-state index is 13.7. The lowest BCUT2D eigenvalue weighted by Gasteiger charge is -2.32. The highest BCUT2D eigenvalue weighted by atomic mass is 19.1. The highest BCUT2D eigenvalue weighted by Crippen LogP contribution is 2.25. The first-order valence-electron chi connectivity index (χ1n) is 8.49. The van der Waals surface area contributed by atoms with Crippen LogP contribution in [0.4, 0.5) is 8.78 Å². The van der Waals surface area contributed by atoms with Gasteiger partial charge < -0.3 is 10.0 Å². The summed E-state index contributed by atoms with van der Waals surface area (Å²) in [6, 6.07) is 12.5. The Hall–Kier alpha value is -2.11. The molecule has 25 heavy (non-hydrogen) atoms. The Labute approximate surface area is 145 Å². The van der Waals surface area contributed by atoms with Gasteiger partial charge in [0.25, 0.3) is 0 Å². The van der Waals surface area contributed by atoms with E-state index in [1.54, 1.807) is 0 Å². The predicted molar refractivity (Wildman–Crippen MR) is 91.3 cm³/mol. The minimum Gasteiger partial charge on any atom is -0.387 e. The number of β-amino-alcohol motifs (C(OH)–C–C–N with tert-alkyl or cyclic N) is 1. The van der Waals surface area contributed by atoms with Crippen LogP contribution >= 0.6 is 0 Å². The van der Waals surface area contributed by atoms with E-state index >= 15 is 0 Å². The Morgan fingerprint density at radius 1 is 1.12 bits per heavy atom. The second-order valence-electron chi connectivity index (χ2n) is 6.49. The number of Topliss-reactive ketones (excluding diaryl/α,β-unsaturated/α-hetero) is 1. The number of piperidine rings is 1. The molecule has 0 spiro atoms. The molecule has 1 fully saturated rings. The van der Waals surface area contributed by atoms with E-state index in [1.165, 1.54) is 6.07 Å². The molecule has 0 bridgehead atoms. The van der Waals surface area contributed by atoms with Gasteiger partial charge in [-0.2, -0.15) is 0 Å². The molecule has 3 nitrogen and oxygen atoms in total. The Morgan fingerprint density at radius 3 is 2.44 bits per heavy atom. The largest absolute Gasteiger partial charge is 0.387 e. The van der Waals surface area contributed by atoms with Crippen molar-refractivity contribution in [2.24, 2.45) is 5.92 Å². The molecule has 2 aromatic carbocycles. The average Bonchev–Trinajstić information content (AvgIpc) is 2.62. The van der Waals surface area contributed by atoms with Gasteiger partial charge in [0.15, 0.2) is 5.78 Å². The molecule has 1 aliphatic heterocycles. The van der Waals surface area contributed by atoms with E-state index in [0.717, 1.165) is 17.7 Å². The van der Waals surface area contributed by atoms with Gasteiger partial charge in [-0.05, 0) is 32.0 Å². The Balaban J connectivity index is 1.55. The zero-order chi connectivity index (χ0) is 17.8. The zero-order valence-corrected chi connectivity index (χ0v) is 13.9. The molecule has 1 heterocycles. The van der Waals surface area contributed by atoms with E-state index in [2.05, 4.69) is 0 Å². The molecule has 1 unspecified atom stereocenters. The molecule has 0 aliphatic carbocycles. The fourth-order valence-electron chi connectivity index (χ4n) is 3.33. The molecule has 0 amide bonds. The molecule has 3 rings (SSSR count). The van der Waals surface area contributed by atoms with E-state index in [0.29, 0.717) is 25.9 Å². The summed E-state index contributed by atoms with van der Waals surface area (Å²) in [4.78, 5) is 14.5. The summed E-state index contributed by atoms with van der Waals surface area (Å²) in [5.74, 6) is -1.25. The first-order chi connectivity index (χ1) is 12.0. The molecule has 5 heteroatoms. The fraction of sp³-hybridized carbons (Fsp3) is 0.350. The molecule has 0 aromatic heterocycles. The Morgan fingerprint density at radius 2 is 1.80 bits per heavy atom. The third kappa shape index (κ3) is 4.30. The van der Waals surface area contributed by atoms with E-state index in [4.69, 9.17) is 0 Å². The maximum atomic E-state index is 13.7. The number of carbonyl (C=O) groups is 1. The topological polar surface area (TPSA) is 40.5 Å². The molecule has 132 valence electrons. The minimum atomic E-state index is -1.01. The van der Waals surface area contributed by atoms with E-state index in [9.17, 15) is 18.7 Å². The number of aliphatic hydroxyl groups is 1. The lowest BCUT2D eigenvalue weighted by molar-refractivity contribution is 0.0719. The van der Waals surface area contributed by atoms with Crippen molar-refractivity contribution in [3.63, 3.8) is 0 Å². The number of hydrogen-bond donors (Lipinski definition) is 1. The predicted octanol–water partition coefficient (Wildman–Crippen LogP) is 3.59. The minimum absolute atomic E-state index is 0.0154. The van der Waals surface area contributed by atoms with Gasteiger partial charge in [-0.1, -0.05) is 36.4 Å². The van der Waals surface area contributed by atoms with Crippen LogP contribution in [0.15, 0.2) is 48.5 Å². The summed E-state index contributed by atoms with van der Waals surface area (Å²) in [7, 11) is 0. The van der Waals surface area contributed by atoms with Crippen molar-refractivity contribution in [2.75, 3.05) is 19.6 Å². The second-order valence-corrected chi connectivity index (χ2v) is 6.49. The third-order valence-electron chi connectivity index (χ3n) is 4.77. The lowest BCUT2D eigenvalue weighted by Crippen LogP contribution is -2.38. The number of likely N-dealkylation sites (tertiary alicyclic amines) is 1. The first kappa shape index (κ1) is 17.7. The number of carbonyl (C=O) groups excluding carboxylic acids is 1. The number of halogens is 2. The number of nitrogens with zero attached hydrogens (tertiary/aromatic N) is 1. The summed E-state index contributed by atoms with van der Waals surface area (Å²) < 4.78 is 26.7. The molecule has 1 saturated heterocycles. The summed E-state index contributed by atoms with van der Waals surface area (Å²) >= 11 is 0. The van der Waals surface area contributed by atoms with Gasteiger partial charge in [-0.25, -0.2) is 8.78 Å². The van der Waals surface area contributed by atoms with Crippen molar-refractivity contribution in [3.8, 4) is 0 Å². The summed E-state index contributed by atoms with van der Waals surface area (Å²) in [5.41, 5.74) is 0.832. The standard InChI is InChI=1S/C20H21F2NO2/c21-16-6-7-17(18(22)12-16)19(24)13-23-10-8-15(9-11-23)20(25)14-4-2-1-3-5-14/h1-7,12,15,19,24H,8-11,13H2. The van der Waals surface area contributed by atoms with Gasteiger partial charge in [0.05, 0.1) is 6.10 Å². The van der Waals surface area contributed by atoms with Crippen LogP contribution in [0.1, 0.15) is 34.9 Å². The van der Waals surface area contributed by atoms with Gasteiger partial charge in [-0.3, -0.25) is 4.79 Å². The fourth-order valence-corrected chi connectivity index (χ4v) is 3.33. The Kier molecular flexibility index (Phi) is 5.56. The lowest BCUT2D eigenvalue weighted by atomic mass is 9.88. The molecular formula is C20H21F2NO2. The maximum Gasteiger partial charge on any atom is 0.166 e. The highest BCUT2D eigenvalue weighted by molar-refractivity contribution is 5.97. The monoisotopic (exact) mass is 345 g/mol. The van der Waals surface area contributed by atoms with Crippen LogP contribution < -0.4 is 0 Å². The molecule has 0 radical (unpaired) electrons. The summed E-state index contributed by atoms with van der Waals surface area (Å²) in [5, 5.41) is 10.2. The van der Waals surface area contributed by atoms with E-state index < -0.39 is 17.7 Å². The molecular weight excluding hydrogens is 324 g/mol. The third-order valence-corrected chi connectivity index (χ3v) is 4.77. The van der Waals surface area contributed by atoms with Crippen molar-refractivity contribution < 1.29 is 18.7 Å². The normalized spacial score (nSPS) is 17.4. The van der Waals surface area contributed by atoms with Gasteiger partial charge in [0.2, 0.25) is 0 Å². The first-order valence-corrected chi connectivity index (χ1v) is 8.49. The molecule has 1 N–H and O–H groups in total. The number of hydrogen-bond acceptors (Lipinski definition) is 3.